The van der Waals surface area contributed by atoms with Gasteiger partial charge in [0.05, 0.1) is 24.8 Å². The molecule has 0 N–H and O–H groups in total. The molecule has 0 saturated heterocycles. The zero-order valence-electron chi connectivity index (χ0n) is 17.7. The summed E-state index contributed by atoms with van der Waals surface area (Å²) in [5, 5.41) is 7.64. The highest BCUT2D eigenvalue weighted by molar-refractivity contribution is 6.27. The normalized spacial score (nSPS) is 12.3. The predicted octanol–water partition coefficient (Wildman–Crippen LogP) is 3.70. The summed E-state index contributed by atoms with van der Waals surface area (Å²) in [5.74, 6) is -3.31. The van der Waals surface area contributed by atoms with Gasteiger partial charge in [0, 0.05) is 23.3 Å². The maximum absolute atomic E-state index is 15.1. The Hall–Kier alpha value is -4.53. The average Bonchev–Trinajstić information content (AvgIpc) is 3.28. The quantitative estimate of drug-likeness (QED) is 0.381. The lowest BCUT2D eigenvalue weighted by atomic mass is 9.90. The van der Waals surface area contributed by atoms with E-state index in [2.05, 4.69) is 15.0 Å². The minimum Gasteiger partial charge on any atom is -0.469 e. The van der Waals surface area contributed by atoms with Gasteiger partial charge in [0.25, 0.3) is 0 Å². The van der Waals surface area contributed by atoms with Gasteiger partial charge in [-0.3, -0.25) is 14.4 Å². The highest BCUT2D eigenvalue weighted by atomic mass is 19.1. The van der Waals surface area contributed by atoms with E-state index in [4.69, 9.17) is 0 Å². The van der Waals surface area contributed by atoms with Crippen LogP contribution in [0.5, 0.6) is 0 Å². The number of esters is 1. The van der Waals surface area contributed by atoms with E-state index in [0.717, 1.165) is 16.8 Å². The van der Waals surface area contributed by atoms with Crippen LogP contribution in [0.2, 0.25) is 0 Å². The van der Waals surface area contributed by atoms with Crippen molar-refractivity contribution in [2.24, 2.45) is 0 Å². The first-order chi connectivity index (χ1) is 16.4. The van der Waals surface area contributed by atoms with Crippen molar-refractivity contribution < 1.29 is 27.9 Å². The van der Waals surface area contributed by atoms with Crippen molar-refractivity contribution in [3.63, 3.8) is 0 Å². The molecule has 0 bridgehead atoms. The first-order valence-corrected chi connectivity index (χ1v) is 10.2. The van der Waals surface area contributed by atoms with Gasteiger partial charge >= 0.3 is 5.97 Å². The number of fused-ring (bicyclic) bond motifs is 2. The molecule has 0 unspecified atom stereocenters. The topological polar surface area (TPSA) is 91.2 Å². The summed E-state index contributed by atoms with van der Waals surface area (Å²) in [7, 11) is 1.25. The monoisotopic (exact) mass is 459 g/mol. The molecular weight excluding hydrogens is 444 g/mol. The number of nitrogens with zero attached hydrogens (tertiary/aromatic N) is 3. The van der Waals surface area contributed by atoms with E-state index in [-0.39, 0.29) is 45.7 Å². The van der Waals surface area contributed by atoms with Crippen LogP contribution < -0.4 is 0 Å². The maximum atomic E-state index is 15.1. The molecule has 7 nitrogen and oxygen atoms in total. The molecule has 1 aliphatic rings. The molecule has 9 heteroatoms. The molecule has 168 valence electrons. The number of carbonyl (C=O) groups is 3. The molecule has 4 aromatic rings. The third-order valence-electron chi connectivity index (χ3n) is 5.58. The molecule has 0 spiro atoms. The van der Waals surface area contributed by atoms with Crippen LogP contribution in [0.1, 0.15) is 37.7 Å². The molecule has 0 saturated carbocycles. The molecule has 3 aromatic carbocycles. The first kappa shape index (κ1) is 21.3. The van der Waals surface area contributed by atoms with Crippen molar-refractivity contribution in [2.45, 2.75) is 6.42 Å². The van der Waals surface area contributed by atoms with E-state index >= 15 is 8.78 Å². The van der Waals surface area contributed by atoms with Crippen LogP contribution in [0, 0.1) is 11.6 Å². The summed E-state index contributed by atoms with van der Waals surface area (Å²) in [6.07, 6.45) is -0.0473. The summed E-state index contributed by atoms with van der Waals surface area (Å²) < 4.78 is 35.9. The number of aromatic nitrogens is 3. The molecule has 0 atom stereocenters. The van der Waals surface area contributed by atoms with Crippen molar-refractivity contribution in [2.75, 3.05) is 7.11 Å². The van der Waals surface area contributed by atoms with Gasteiger partial charge in [-0.05, 0) is 11.1 Å². The highest BCUT2D eigenvalue weighted by Crippen LogP contribution is 2.31. The lowest BCUT2D eigenvalue weighted by Gasteiger charge is -2.15. The SMILES string of the molecule is COC(=O)Cc1cccc(-c2c(F)cc(-n3nnc4c3C(=O)c3ccccc3C4=O)cc2F)c1. The molecule has 0 fully saturated rings. The fourth-order valence-electron chi connectivity index (χ4n) is 3.99. The Morgan fingerprint density at radius 1 is 0.941 bits per heavy atom. The molecule has 0 amide bonds. The molecular formula is C25H15F2N3O4. The Bertz CT molecular complexity index is 1490. The van der Waals surface area contributed by atoms with Gasteiger partial charge in [0.15, 0.2) is 5.69 Å². The van der Waals surface area contributed by atoms with E-state index in [1.54, 1.807) is 24.3 Å². The van der Waals surface area contributed by atoms with Crippen LogP contribution in [0.25, 0.3) is 16.8 Å². The second kappa shape index (κ2) is 8.11. The zero-order chi connectivity index (χ0) is 24.0. The number of carbonyl (C=O) groups excluding carboxylic acids is 3. The number of rotatable bonds is 4. The fraction of sp³-hybridized carbons (Fsp3) is 0.0800. The van der Waals surface area contributed by atoms with E-state index < -0.39 is 29.2 Å². The number of hydrogen-bond donors (Lipinski definition) is 0. The molecule has 1 heterocycles. The first-order valence-electron chi connectivity index (χ1n) is 10.2. The Morgan fingerprint density at radius 2 is 1.62 bits per heavy atom. The maximum Gasteiger partial charge on any atom is 0.309 e. The lowest BCUT2D eigenvalue weighted by Crippen LogP contribution is -2.23. The third kappa shape index (κ3) is 3.38. The molecule has 34 heavy (non-hydrogen) atoms. The number of hydrogen-bond acceptors (Lipinski definition) is 6. The van der Waals surface area contributed by atoms with Crippen LogP contribution in [0.3, 0.4) is 0 Å². The van der Waals surface area contributed by atoms with Crippen molar-refractivity contribution in [3.8, 4) is 16.8 Å². The van der Waals surface area contributed by atoms with Gasteiger partial charge in [0.1, 0.15) is 17.3 Å². The van der Waals surface area contributed by atoms with Gasteiger partial charge in [-0.2, -0.15) is 0 Å². The third-order valence-corrected chi connectivity index (χ3v) is 5.58. The van der Waals surface area contributed by atoms with Crippen molar-refractivity contribution in [1.82, 2.24) is 15.0 Å². The van der Waals surface area contributed by atoms with Gasteiger partial charge in [-0.25, -0.2) is 13.5 Å². The van der Waals surface area contributed by atoms with E-state index in [0.29, 0.717) is 5.56 Å². The Labute approximate surface area is 191 Å². The van der Waals surface area contributed by atoms with Crippen LogP contribution >= 0.6 is 0 Å². The Kier molecular flexibility index (Phi) is 5.09. The van der Waals surface area contributed by atoms with Gasteiger partial charge < -0.3 is 4.74 Å². The molecule has 1 aliphatic carbocycles. The molecule has 0 aliphatic heterocycles. The van der Waals surface area contributed by atoms with Crippen LogP contribution in [-0.4, -0.2) is 39.6 Å². The number of methoxy groups -OCH3 is 1. The van der Waals surface area contributed by atoms with Gasteiger partial charge in [0.2, 0.25) is 11.6 Å². The summed E-state index contributed by atoms with van der Waals surface area (Å²) in [6.45, 7) is 0. The van der Waals surface area contributed by atoms with Crippen molar-refractivity contribution in [1.29, 1.82) is 0 Å². The average molecular weight is 459 g/mol. The van der Waals surface area contributed by atoms with Crippen LogP contribution in [-0.2, 0) is 16.0 Å². The minimum atomic E-state index is -0.913. The van der Waals surface area contributed by atoms with Gasteiger partial charge in [-0.15, -0.1) is 5.10 Å². The molecule has 0 radical (unpaired) electrons. The van der Waals surface area contributed by atoms with E-state index in [1.807, 2.05) is 0 Å². The number of ether oxygens (including phenoxy) is 1. The second-order valence-corrected chi connectivity index (χ2v) is 7.64. The van der Waals surface area contributed by atoms with Crippen LogP contribution in [0.15, 0.2) is 60.7 Å². The van der Waals surface area contributed by atoms with Crippen molar-refractivity contribution in [3.05, 3.63) is 100 Å². The van der Waals surface area contributed by atoms with Gasteiger partial charge in [-0.1, -0.05) is 53.7 Å². The number of benzene rings is 3. The summed E-state index contributed by atoms with van der Waals surface area (Å²) >= 11 is 0. The lowest BCUT2D eigenvalue weighted by molar-refractivity contribution is -0.139. The van der Waals surface area contributed by atoms with E-state index in [1.165, 1.54) is 31.4 Å². The van der Waals surface area contributed by atoms with E-state index in [9.17, 15) is 14.4 Å². The largest absolute Gasteiger partial charge is 0.469 e. The van der Waals surface area contributed by atoms with Crippen molar-refractivity contribution >= 4 is 17.5 Å². The molecule has 5 rings (SSSR count). The summed E-state index contributed by atoms with van der Waals surface area (Å²) in [6, 6.07) is 14.5. The Morgan fingerprint density at radius 3 is 2.29 bits per heavy atom. The van der Waals surface area contributed by atoms with Crippen LogP contribution in [0.4, 0.5) is 8.78 Å². The molecule has 1 aromatic heterocycles. The standard InChI is InChI=1S/C25H15F2N3O4/c1-34-20(31)10-13-5-4-6-14(9-13)21-18(26)11-15(12-19(21)27)30-23-22(28-29-30)24(32)16-7-2-3-8-17(16)25(23)33/h2-9,11-12H,10H2,1H3. The second-order valence-electron chi connectivity index (χ2n) is 7.64. The smallest absolute Gasteiger partial charge is 0.309 e. The summed E-state index contributed by atoms with van der Waals surface area (Å²) in [4.78, 5) is 37.3. The zero-order valence-corrected chi connectivity index (χ0v) is 17.7. The minimum absolute atomic E-state index is 0.0473. The predicted molar refractivity (Wildman–Crippen MR) is 116 cm³/mol. The fourth-order valence-corrected chi connectivity index (χ4v) is 3.99. The summed E-state index contributed by atoms with van der Waals surface area (Å²) in [5.41, 5.74) is 0.384. The number of ketones is 2. The highest BCUT2D eigenvalue weighted by Gasteiger charge is 2.35. The number of halogens is 2. The Balaban J connectivity index is 1.57.